The number of aromatic nitrogens is 2. The SMILES string of the molecule is Cn1nc(-c2ccccc2)cc1C(=O)N1CCS[C@H](c2cccs2)CC1. The number of thiophene rings is 1. The summed E-state index contributed by atoms with van der Waals surface area (Å²) in [7, 11) is 1.85. The van der Waals surface area contributed by atoms with E-state index in [9.17, 15) is 4.79 Å². The Balaban J connectivity index is 1.50. The lowest BCUT2D eigenvalue weighted by atomic mass is 10.1. The summed E-state index contributed by atoms with van der Waals surface area (Å²) in [5.74, 6) is 1.05. The fourth-order valence-electron chi connectivity index (χ4n) is 3.25. The number of hydrogen-bond donors (Lipinski definition) is 0. The number of carbonyl (C=O) groups excluding carboxylic acids is 1. The highest BCUT2D eigenvalue weighted by Gasteiger charge is 2.25. The van der Waals surface area contributed by atoms with Gasteiger partial charge in [-0.2, -0.15) is 16.9 Å². The third-order valence-corrected chi connectivity index (χ3v) is 7.10. The maximum Gasteiger partial charge on any atom is 0.272 e. The molecule has 0 spiro atoms. The van der Waals surface area contributed by atoms with E-state index in [0.717, 1.165) is 36.5 Å². The summed E-state index contributed by atoms with van der Waals surface area (Å²) >= 11 is 3.77. The minimum atomic E-state index is 0.0783. The molecule has 1 saturated heterocycles. The van der Waals surface area contributed by atoms with Crippen molar-refractivity contribution in [3.63, 3.8) is 0 Å². The average Bonchev–Trinajstić information content (AvgIpc) is 3.26. The van der Waals surface area contributed by atoms with Gasteiger partial charge in [-0.25, -0.2) is 0 Å². The molecule has 3 heterocycles. The summed E-state index contributed by atoms with van der Waals surface area (Å²) in [6, 6.07) is 16.2. The zero-order chi connectivity index (χ0) is 17.9. The summed E-state index contributed by atoms with van der Waals surface area (Å²) < 4.78 is 1.71. The summed E-state index contributed by atoms with van der Waals surface area (Å²) in [4.78, 5) is 16.5. The molecule has 0 N–H and O–H groups in total. The Hall–Kier alpha value is -2.05. The van der Waals surface area contributed by atoms with Gasteiger partial charge in [-0.3, -0.25) is 9.48 Å². The molecular weight excluding hydrogens is 362 g/mol. The highest BCUT2D eigenvalue weighted by Crippen LogP contribution is 2.37. The van der Waals surface area contributed by atoms with Gasteiger partial charge in [-0.05, 0) is 23.9 Å². The fraction of sp³-hybridized carbons (Fsp3) is 0.300. The molecule has 0 saturated carbocycles. The third-order valence-electron chi connectivity index (χ3n) is 4.66. The van der Waals surface area contributed by atoms with Crippen molar-refractivity contribution in [3.8, 4) is 11.3 Å². The van der Waals surface area contributed by atoms with Crippen LogP contribution in [0, 0.1) is 0 Å². The van der Waals surface area contributed by atoms with Gasteiger partial charge in [0.05, 0.1) is 5.69 Å². The lowest BCUT2D eigenvalue weighted by Crippen LogP contribution is -2.34. The van der Waals surface area contributed by atoms with Crippen molar-refractivity contribution in [1.82, 2.24) is 14.7 Å². The number of hydrogen-bond acceptors (Lipinski definition) is 4. The molecule has 1 atom stereocenters. The van der Waals surface area contributed by atoms with Crippen LogP contribution in [0.15, 0.2) is 53.9 Å². The van der Waals surface area contributed by atoms with Gasteiger partial charge in [0, 0.05) is 41.6 Å². The number of aryl methyl sites for hydroxylation is 1. The Labute approximate surface area is 161 Å². The summed E-state index contributed by atoms with van der Waals surface area (Å²) in [6.45, 7) is 1.58. The highest BCUT2D eigenvalue weighted by molar-refractivity contribution is 7.99. The molecule has 4 rings (SSSR count). The second-order valence-corrected chi connectivity index (χ2v) is 8.65. The van der Waals surface area contributed by atoms with Gasteiger partial charge in [0.15, 0.2) is 0 Å². The second-order valence-electron chi connectivity index (χ2n) is 6.36. The van der Waals surface area contributed by atoms with E-state index in [1.807, 2.05) is 71.4 Å². The number of amides is 1. The van der Waals surface area contributed by atoms with Gasteiger partial charge < -0.3 is 4.90 Å². The van der Waals surface area contributed by atoms with Gasteiger partial charge in [-0.1, -0.05) is 36.4 Å². The zero-order valence-electron chi connectivity index (χ0n) is 14.7. The van der Waals surface area contributed by atoms with Crippen LogP contribution in [0.3, 0.4) is 0 Å². The number of rotatable bonds is 3. The van der Waals surface area contributed by atoms with Crippen molar-refractivity contribution in [2.45, 2.75) is 11.7 Å². The Morgan fingerprint density at radius 1 is 1.15 bits per heavy atom. The first-order valence-electron chi connectivity index (χ1n) is 8.76. The van der Waals surface area contributed by atoms with Crippen LogP contribution in [0.2, 0.25) is 0 Å². The Kier molecular flexibility index (Phi) is 5.13. The summed E-state index contributed by atoms with van der Waals surface area (Å²) in [6.07, 6.45) is 1.00. The van der Waals surface area contributed by atoms with Crippen LogP contribution in [0.5, 0.6) is 0 Å². The predicted molar refractivity (Wildman–Crippen MR) is 109 cm³/mol. The van der Waals surface area contributed by atoms with Crippen LogP contribution < -0.4 is 0 Å². The van der Waals surface area contributed by atoms with Crippen LogP contribution in [0.25, 0.3) is 11.3 Å². The van der Waals surface area contributed by atoms with Crippen LogP contribution in [-0.2, 0) is 7.05 Å². The minimum Gasteiger partial charge on any atom is -0.336 e. The molecule has 1 fully saturated rings. The Bertz CT molecular complexity index is 874. The Morgan fingerprint density at radius 3 is 2.77 bits per heavy atom. The first kappa shape index (κ1) is 17.4. The van der Waals surface area contributed by atoms with Crippen molar-refractivity contribution in [1.29, 1.82) is 0 Å². The molecule has 134 valence electrons. The van der Waals surface area contributed by atoms with Crippen LogP contribution in [-0.4, -0.2) is 39.4 Å². The molecule has 0 radical (unpaired) electrons. The van der Waals surface area contributed by atoms with E-state index in [0.29, 0.717) is 10.9 Å². The standard InChI is InChI=1S/C20H21N3OS2/c1-22-17(14-16(21-22)15-6-3-2-4-7-15)20(24)23-10-9-19(26-13-11-23)18-8-5-12-25-18/h2-8,12,14,19H,9-11,13H2,1H3/t19-/m0/s1. The van der Waals surface area contributed by atoms with E-state index in [4.69, 9.17) is 0 Å². The molecule has 0 bridgehead atoms. The van der Waals surface area contributed by atoms with Crippen molar-refractivity contribution in [2.75, 3.05) is 18.8 Å². The molecule has 2 aromatic heterocycles. The van der Waals surface area contributed by atoms with E-state index >= 15 is 0 Å². The van der Waals surface area contributed by atoms with E-state index in [1.54, 1.807) is 4.68 Å². The van der Waals surface area contributed by atoms with Crippen LogP contribution >= 0.6 is 23.1 Å². The average molecular weight is 384 g/mol. The first-order valence-corrected chi connectivity index (χ1v) is 10.7. The van der Waals surface area contributed by atoms with Gasteiger partial charge in [0.25, 0.3) is 5.91 Å². The van der Waals surface area contributed by atoms with E-state index in [-0.39, 0.29) is 5.91 Å². The number of thioether (sulfide) groups is 1. The molecule has 4 nitrogen and oxygen atoms in total. The quantitative estimate of drug-likeness (QED) is 0.670. The smallest absolute Gasteiger partial charge is 0.272 e. The zero-order valence-corrected chi connectivity index (χ0v) is 16.3. The molecular formula is C20H21N3OS2. The van der Waals surface area contributed by atoms with E-state index in [1.165, 1.54) is 4.88 Å². The largest absolute Gasteiger partial charge is 0.336 e. The van der Waals surface area contributed by atoms with E-state index in [2.05, 4.69) is 22.6 Å². The second kappa shape index (κ2) is 7.68. The molecule has 0 aliphatic carbocycles. The monoisotopic (exact) mass is 383 g/mol. The van der Waals surface area contributed by atoms with Gasteiger partial charge in [-0.15, -0.1) is 11.3 Å². The summed E-state index contributed by atoms with van der Waals surface area (Å²) in [5, 5.41) is 7.17. The van der Waals surface area contributed by atoms with Crippen molar-refractivity contribution >= 4 is 29.0 Å². The molecule has 1 aliphatic rings. The molecule has 3 aromatic rings. The molecule has 1 aliphatic heterocycles. The molecule has 1 amide bonds. The maximum atomic E-state index is 13.1. The molecule has 26 heavy (non-hydrogen) atoms. The number of benzene rings is 1. The van der Waals surface area contributed by atoms with Gasteiger partial charge >= 0.3 is 0 Å². The van der Waals surface area contributed by atoms with Crippen LogP contribution in [0.1, 0.15) is 27.0 Å². The van der Waals surface area contributed by atoms with Gasteiger partial charge in [0.2, 0.25) is 0 Å². The molecule has 0 unspecified atom stereocenters. The lowest BCUT2D eigenvalue weighted by Gasteiger charge is -2.20. The third kappa shape index (κ3) is 3.57. The normalized spacial score (nSPS) is 17.9. The van der Waals surface area contributed by atoms with Crippen molar-refractivity contribution in [3.05, 3.63) is 64.5 Å². The number of carbonyl (C=O) groups is 1. The topological polar surface area (TPSA) is 38.1 Å². The summed E-state index contributed by atoms with van der Waals surface area (Å²) in [5.41, 5.74) is 2.53. The maximum absolute atomic E-state index is 13.1. The fourth-order valence-corrected chi connectivity index (χ4v) is 5.49. The number of nitrogens with zero attached hydrogens (tertiary/aromatic N) is 3. The first-order chi connectivity index (χ1) is 12.7. The highest BCUT2D eigenvalue weighted by atomic mass is 32.2. The van der Waals surface area contributed by atoms with Gasteiger partial charge in [0.1, 0.15) is 5.69 Å². The van der Waals surface area contributed by atoms with Crippen molar-refractivity contribution < 1.29 is 4.79 Å². The van der Waals surface area contributed by atoms with Crippen molar-refractivity contribution in [2.24, 2.45) is 7.05 Å². The lowest BCUT2D eigenvalue weighted by molar-refractivity contribution is 0.0755. The Morgan fingerprint density at radius 2 is 2.00 bits per heavy atom. The molecule has 1 aromatic carbocycles. The van der Waals surface area contributed by atoms with Crippen LogP contribution in [0.4, 0.5) is 0 Å². The minimum absolute atomic E-state index is 0.0783. The van der Waals surface area contributed by atoms with E-state index < -0.39 is 0 Å². The molecule has 6 heteroatoms. The predicted octanol–water partition coefficient (Wildman–Crippen LogP) is 4.47.